The van der Waals surface area contributed by atoms with E-state index < -0.39 is 0 Å². The highest BCUT2D eigenvalue weighted by molar-refractivity contribution is 5.31. The number of ether oxygens (including phenoxy) is 1. The molecule has 0 aliphatic carbocycles. The molecule has 0 atom stereocenters. The van der Waals surface area contributed by atoms with Gasteiger partial charge >= 0.3 is 0 Å². The van der Waals surface area contributed by atoms with Gasteiger partial charge in [-0.3, -0.25) is 0 Å². The summed E-state index contributed by atoms with van der Waals surface area (Å²) in [5, 5.41) is 16.7. The number of hydrogen-bond acceptors (Lipinski definition) is 4. The lowest BCUT2D eigenvalue weighted by molar-refractivity contribution is 0.288. The molecule has 1 N–H and O–H groups in total. The predicted molar refractivity (Wildman–Crippen MR) is 67.5 cm³/mol. The van der Waals surface area contributed by atoms with Gasteiger partial charge < -0.3 is 9.84 Å². The molecule has 19 heavy (non-hydrogen) atoms. The lowest BCUT2D eigenvalue weighted by Gasteiger charge is -2.06. The van der Waals surface area contributed by atoms with Crippen molar-refractivity contribution in [3.8, 4) is 5.75 Å². The molecule has 0 saturated carbocycles. The highest BCUT2D eigenvalue weighted by Crippen LogP contribution is 2.20. The van der Waals surface area contributed by atoms with Crippen molar-refractivity contribution >= 4 is 0 Å². The summed E-state index contributed by atoms with van der Waals surface area (Å²) in [5.74, 6) is -0.157. The van der Waals surface area contributed by atoms with E-state index in [1.165, 1.54) is 7.11 Å². The monoisotopic (exact) mass is 265 g/mol. The molecule has 102 valence electrons. The van der Waals surface area contributed by atoms with Crippen LogP contribution in [0.25, 0.3) is 0 Å². The SMILES string of the molecule is COc1cccc(Cn2cc(CCCO)nn2)c1F. The molecule has 0 bridgehead atoms. The zero-order chi connectivity index (χ0) is 13.7. The Balaban J connectivity index is 2.10. The zero-order valence-corrected chi connectivity index (χ0v) is 10.7. The number of hydrogen-bond donors (Lipinski definition) is 1. The molecule has 0 unspecified atom stereocenters. The summed E-state index contributed by atoms with van der Waals surface area (Å²) >= 11 is 0. The second-order valence-corrected chi connectivity index (χ2v) is 4.17. The molecule has 0 saturated heterocycles. The Kier molecular flexibility index (Phi) is 4.46. The maximum atomic E-state index is 13.9. The van der Waals surface area contributed by atoms with Crippen LogP contribution in [0.15, 0.2) is 24.4 Å². The topological polar surface area (TPSA) is 60.2 Å². The van der Waals surface area contributed by atoms with Gasteiger partial charge in [0.1, 0.15) is 0 Å². The van der Waals surface area contributed by atoms with Crippen molar-refractivity contribution in [1.82, 2.24) is 15.0 Å². The fourth-order valence-electron chi connectivity index (χ4n) is 1.80. The Morgan fingerprint density at radius 1 is 1.42 bits per heavy atom. The van der Waals surface area contributed by atoms with Gasteiger partial charge in [-0.2, -0.15) is 0 Å². The first-order chi connectivity index (χ1) is 9.24. The summed E-state index contributed by atoms with van der Waals surface area (Å²) in [6.45, 7) is 0.423. The van der Waals surface area contributed by atoms with Gasteiger partial charge in [0, 0.05) is 18.4 Å². The van der Waals surface area contributed by atoms with E-state index in [9.17, 15) is 4.39 Å². The molecule has 2 rings (SSSR count). The van der Waals surface area contributed by atoms with E-state index in [0.29, 0.717) is 24.9 Å². The molecular weight excluding hydrogens is 249 g/mol. The van der Waals surface area contributed by atoms with Gasteiger partial charge in [0.2, 0.25) is 0 Å². The van der Waals surface area contributed by atoms with E-state index in [2.05, 4.69) is 10.3 Å². The van der Waals surface area contributed by atoms with Crippen LogP contribution in [0.5, 0.6) is 5.75 Å². The van der Waals surface area contributed by atoms with Gasteiger partial charge in [-0.25, -0.2) is 9.07 Å². The zero-order valence-electron chi connectivity index (χ0n) is 10.7. The summed E-state index contributed by atoms with van der Waals surface area (Å²) in [6.07, 6.45) is 3.07. The number of aromatic nitrogens is 3. The Morgan fingerprint density at radius 2 is 2.26 bits per heavy atom. The number of methoxy groups -OCH3 is 1. The second-order valence-electron chi connectivity index (χ2n) is 4.17. The van der Waals surface area contributed by atoms with Crippen molar-refractivity contribution < 1.29 is 14.2 Å². The van der Waals surface area contributed by atoms with Gasteiger partial charge in [0.05, 0.1) is 19.3 Å². The van der Waals surface area contributed by atoms with E-state index in [0.717, 1.165) is 5.69 Å². The van der Waals surface area contributed by atoms with E-state index >= 15 is 0 Å². The summed E-state index contributed by atoms with van der Waals surface area (Å²) < 4.78 is 20.5. The van der Waals surface area contributed by atoms with Gasteiger partial charge in [-0.15, -0.1) is 5.10 Å². The van der Waals surface area contributed by atoms with Crippen LogP contribution < -0.4 is 4.74 Å². The number of halogens is 1. The molecule has 0 spiro atoms. The Labute approximate surface area is 110 Å². The third-order valence-electron chi connectivity index (χ3n) is 2.77. The molecule has 1 aromatic heterocycles. The average molecular weight is 265 g/mol. The van der Waals surface area contributed by atoms with E-state index in [1.807, 2.05) is 0 Å². The Hall–Kier alpha value is -1.95. The van der Waals surface area contributed by atoms with Crippen molar-refractivity contribution in [2.24, 2.45) is 0 Å². The van der Waals surface area contributed by atoms with E-state index in [-0.39, 0.29) is 18.2 Å². The fraction of sp³-hybridized carbons (Fsp3) is 0.385. The number of nitrogens with zero attached hydrogens (tertiary/aromatic N) is 3. The third kappa shape index (κ3) is 3.29. The van der Waals surface area contributed by atoms with E-state index in [1.54, 1.807) is 29.1 Å². The summed E-state index contributed by atoms with van der Waals surface area (Å²) in [4.78, 5) is 0. The molecule has 0 amide bonds. The van der Waals surface area contributed by atoms with Crippen LogP contribution in [-0.2, 0) is 13.0 Å². The Bertz CT molecular complexity index is 542. The fourth-order valence-corrected chi connectivity index (χ4v) is 1.80. The van der Waals surface area contributed by atoms with Crippen LogP contribution in [0, 0.1) is 5.82 Å². The first-order valence-electron chi connectivity index (χ1n) is 6.06. The second kappa shape index (κ2) is 6.29. The molecule has 6 heteroatoms. The molecule has 1 heterocycles. The number of benzene rings is 1. The lowest BCUT2D eigenvalue weighted by atomic mass is 10.2. The largest absolute Gasteiger partial charge is 0.494 e. The smallest absolute Gasteiger partial charge is 0.170 e. The van der Waals surface area contributed by atoms with Gasteiger partial charge in [-0.1, -0.05) is 17.3 Å². The van der Waals surface area contributed by atoms with Crippen LogP contribution in [0.3, 0.4) is 0 Å². The summed E-state index contributed by atoms with van der Waals surface area (Å²) in [6, 6.07) is 5.00. The third-order valence-corrected chi connectivity index (χ3v) is 2.77. The number of aliphatic hydroxyl groups excluding tert-OH is 1. The minimum Gasteiger partial charge on any atom is -0.494 e. The standard InChI is InChI=1S/C13H16FN3O2/c1-19-12-6-2-4-10(13(12)14)8-17-9-11(15-16-17)5-3-7-18/h2,4,6,9,18H,3,5,7-8H2,1H3. The predicted octanol–water partition coefficient (Wildman–Crippen LogP) is 1.40. The van der Waals surface area contributed by atoms with Crippen LogP contribution in [-0.4, -0.2) is 33.8 Å². The first kappa shape index (κ1) is 13.5. The highest BCUT2D eigenvalue weighted by Gasteiger charge is 2.09. The van der Waals surface area contributed by atoms with Gasteiger partial charge in [-0.05, 0) is 18.9 Å². The van der Waals surface area contributed by atoms with Gasteiger partial charge in [0.15, 0.2) is 11.6 Å². The molecule has 2 aromatic rings. The molecule has 0 aliphatic heterocycles. The number of aryl methyl sites for hydroxylation is 1. The van der Waals surface area contributed by atoms with Crippen molar-refractivity contribution in [1.29, 1.82) is 0 Å². The number of rotatable bonds is 6. The normalized spacial score (nSPS) is 10.7. The molecule has 0 radical (unpaired) electrons. The maximum Gasteiger partial charge on any atom is 0.170 e. The van der Waals surface area contributed by atoms with Crippen LogP contribution in [0.1, 0.15) is 17.7 Å². The van der Waals surface area contributed by atoms with Gasteiger partial charge in [0.25, 0.3) is 0 Å². The molecule has 0 fully saturated rings. The maximum absolute atomic E-state index is 13.9. The minimum atomic E-state index is -0.377. The van der Waals surface area contributed by atoms with Crippen LogP contribution in [0.2, 0.25) is 0 Å². The molecule has 1 aromatic carbocycles. The number of aliphatic hydroxyl groups is 1. The van der Waals surface area contributed by atoms with Crippen LogP contribution in [0.4, 0.5) is 4.39 Å². The minimum absolute atomic E-state index is 0.122. The summed E-state index contributed by atoms with van der Waals surface area (Å²) in [7, 11) is 1.44. The molecule has 5 nitrogen and oxygen atoms in total. The van der Waals surface area contributed by atoms with Crippen molar-refractivity contribution in [3.63, 3.8) is 0 Å². The quantitative estimate of drug-likeness (QED) is 0.857. The lowest BCUT2D eigenvalue weighted by Crippen LogP contribution is -2.03. The molecule has 0 aliphatic rings. The van der Waals surface area contributed by atoms with Crippen molar-refractivity contribution in [2.45, 2.75) is 19.4 Å². The molecular formula is C13H16FN3O2. The summed E-state index contributed by atoms with van der Waals surface area (Å²) in [5.41, 5.74) is 1.29. The average Bonchev–Trinajstić information content (AvgIpc) is 2.86. The first-order valence-corrected chi connectivity index (χ1v) is 6.06. The van der Waals surface area contributed by atoms with Crippen LogP contribution >= 0.6 is 0 Å². The Morgan fingerprint density at radius 3 is 3.00 bits per heavy atom. The van der Waals surface area contributed by atoms with Crippen molar-refractivity contribution in [2.75, 3.05) is 13.7 Å². The highest BCUT2D eigenvalue weighted by atomic mass is 19.1. The van der Waals surface area contributed by atoms with E-state index in [4.69, 9.17) is 9.84 Å². The van der Waals surface area contributed by atoms with Crippen molar-refractivity contribution in [3.05, 3.63) is 41.5 Å².